The first-order chi connectivity index (χ1) is 26.3. The second-order valence-electron chi connectivity index (χ2n) is 13.7. The maximum Gasteiger partial charge on any atom is 0.255 e. The van der Waals surface area contributed by atoms with E-state index < -0.39 is 23.2 Å². The number of likely N-dealkylation sites (N-methyl/N-ethyl adjacent to an activating group) is 1. The first kappa shape index (κ1) is 35.1. The van der Waals surface area contributed by atoms with Crippen molar-refractivity contribution in [2.24, 2.45) is 0 Å². The van der Waals surface area contributed by atoms with Gasteiger partial charge >= 0.3 is 0 Å². The van der Waals surface area contributed by atoms with Crippen LogP contribution in [0.1, 0.15) is 23.2 Å². The molecule has 13 heteroatoms. The molecule has 54 heavy (non-hydrogen) atoms. The Balaban J connectivity index is 1.04. The number of methoxy groups -OCH3 is 1. The summed E-state index contributed by atoms with van der Waals surface area (Å²) < 4.78 is 36.4. The highest BCUT2D eigenvalue weighted by molar-refractivity contribution is 6.05. The van der Waals surface area contributed by atoms with Crippen LogP contribution in [0, 0.1) is 11.6 Å². The number of carbonyl (C=O) groups is 1. The molecule has 0 spiro atoms. The second-order valence-corrected chi connectivity index (χ2v) is 13.7. The van der Waals surface area contributed by atoms with Gasteiger partial charge in [0.05, 0.1) is 29.9 Å². The van der Waals surface area contributed by atoms with Crippen molar-refractivity contribution in [1.29, 1.82) is 0 Å². The van der Waals surface area contributed by atoms with Crippen LogP contribution in [0.25, 0.3) is 28.3 Å². The minimum atomic E-state index is -0.860. The maximum atomic E-state index is 14.3. The zero-order valence-corrected chi connectivity index (χ0v) is 30.2. The summed E-state index contributed by atoms with van der Waals surface area (Å²) in [6.45, 7) is 6.55. The van der Waals surface area contributed by atoms with E-state index in [2.05, 4.69) is 49.5 Å². The fraction of sp³-hybridized carbons (Fsp3) is 0.268. The van der Waals surface area contributed by atoms with Crippen LogP contribution in [-0.2, 0) is 0 Å². The zero-order chi connectivity index (χ0) is 37.2. The number of nitrogens with one attached hydrogen (secondary N) is 2. The van der Waals surface area contributed by atoms with Crippen molar-refractivity contribution >= 4 is 34.6 Å². The maximum absolute atomic E-state index is 14.3. The molecule has 2 aliphatic heterocycles. The predicted octanol–water partition coefficient (Wildman–Crippen LogP) is 6.96. The quantitative estimate of drug-likeness (QED) is 0.164. The Morgan fingerprint density at radius 3 is 2.41 bits per heavy atom. The molecule has 0 aliphatic carbocycles. The molecule has 276 valence electrons. The van der Waals surface area contributed by atoms with Gasteiger partial charge in [-0.3, -0.25) is 14.1 Å². The first-order valence-corrected chi connectivity index (χ1v) is 18.1. The Labute approximate surface area is 312 Å². The van der Waals surface area contributed by atoms with Crippen molar-refractivity contribution in [3.63, 3.8) is 0 Å². The van der Waals surface area contributed by atoms with E-state index in [0.29, 0.717) is 46.0 Å². The number of hydrogen-bond donors (Lipinski definition) is 2. The molecule has 0 unspecified atom stereocenters. The SMILES string of the molecule is COc1cc(N2CCC(N3CCN(C)CC3)CC2)ccc1Nc1nccc(-c2c(-c3cccc(C(=O)Nc4c(F)cccc4F)c3)nc3ccccn23)n1. The molecule has 3 aromatic carbocycles. The number of fused-ring (bicyclic) bond motifs is 1. The molecule has 1 amide bonds. The molecule has 2 N–H and O–H groups in total. The number of carbonyl (C=O) groups excluding carboxylic acids is 1. The highest BCUT2D eigenvalue weighted by atomic mass is 19.1. The molecule has 0 bridgehead atoms. The number of anilines is 4. The van der Waals surface area contributed by atoms with Crippen molar-refractivity contribution in [1.82, 2.24) is 29.2 Å². The third-order valence-corrected chi connectivity index (χ3v) is 10.3. The van der Waals surface area contributed by atoms with Crippen molar-refractivity contribution in [2.75, 3.05) is 69.0 Å². The van der Waals surface area contributed by atoms with Gasteiger partial charge in [-0.15, -0.1) is 0 Å². The average molecular weight is 730 g/mol. The van der Waals surface area contributed by atoms with E-state index in [4.69, 9.17) is 14.7 Å². The van der Waals surface area contributed by atoms with E-state index in [-0.39, 0.29) is 5.56 Å². The number of piperidine rings is 1. The van der Waals surface area contributed by atoms with E-state index in [0.717, 1.165) is 75.6 Å². The number of halogens is 2. The van der Waals surface area contributed by atoms with Gasteiger partial charge in [-0.2, -0.15) is 0 Å². The van der Waals surface area contributed by atoms with Crippen LogP contribution in [0.5, 0.6) is 5.75 Å². The molecule has 0 atom stereocenters. The Morgan fingerprint density at radius 1 is 0.852 bits per heavy atom. The highest BCUT2D eigenvalue weighted by Gasteiger charge is 2.27. The number of hydrogen-bond acceptors (Lipinski definition) is 9. The summed E-state index contributed by atoms with van der Waals surface area (Å²) in [5, 5.41) is 5.72. The summed E-state index contributed by atoms with van der Waals surface area (Å²) in [5.41, 5.74) is 4.67. The molecule has 6 aromatic rings. The summed E-state index contributed by atoms with van der Waals surface area (Å²) in [6.07, 6.45) is 5.85. The van der Waals surface area contributed by atoms with E-state index in [1.54, 1.807) is 37.6 Å². The molecule has 0 radical (unpaired) electrons. The number of nitrogens with zero attached hydrogens (tertiary/aromatic N) is 7. The Hall–Kier alpha value is -5.92. The van der Waals surface area contributed by atoms with Crippen molar-refractivity contribution in [3.8, 4) is 28.4 Å². The lowest BCUT2D eigenvalue weighted by Gasteiger charge is -2.42. The van der Waals surface area contributed by atoms with Gasteiger partial charge in [0, 0.05) is 80.6 Å². The van der Waals surface area contributed by atoms with E-state index in [1.165, 1.54) is 6.07 Å². The number of rotatable bonds is 9. The van der Waals surface area contributed by atoms with Crippen molar-refractivity contribution in [2.45, 2.75) is 18.9 Å². The van der Waals surface area contributed by atoms with Gasteiger partial charge < -0.3 is 25.2 Å². The number of benzene rings is 3. The van der Waals surface area contributed by atoms with E-state index in [9.17, 15) is 13.6 Å². The molecular formula is C41H41F2N9O2. The highest BCUT2D eigenvalue weighted by Crippen LogP contribution is 2.36. The lowest BCUT2D eigenvalue weighted by Crippen LogP contribution is -2.52. The number of piperazine rings is 1. The Bertz CT molecular complexity index is 2280. The number of ether oxygens (including phenoxy) is 1. The number of pyridine rings is 1. The van der Waals surface area contributed by atoms with Gasteiger partial charge in [-0.25, -0.2) is 23.7 Å². The number of amides is 1. The van der Waals surface area contributed by atoms with Crippen LogP contribution in [0.3, 0.4) is 0 Å². The summed E-state index contributed by atoms with van der Waals surface area (Å²) in [4.78, 5) is 35.0. The van der Waals surface area contributed by atoms with Crippen LogP contribution in [0.15, 0.2) is 97.3 Å². The van der Waals surface area contributed by atoms with Crippen LogP contribution >= 0.6 is 0 Å². The minimum Gasteiger partial charge on any atom is -0.494 e. The molecule has 11 nitrogen and oxygen atoms in total. The van der Waals surface area contributed by atoms with Gasteiger partial charge in [-0.1, -0.05) is 24.3 Å². The fourth-order valence-corrected chi connectivity index (χ4v) is 7.38. The molecule has 8 rings (SSSR count). The zero-order valence-electron chi connectivity index (χ0n) is 30.2. The van der Waals surface area contributed by atoms with Crippen LogP contribution in [-0.4, -0.2) is 94.5 Å². The first-order valence-electron chi connectivity index (χ1n) is 18.1. The lowest BCUT2D eigenvalue weighted by atomic mass is 10.0. The molecule has 0 saturated carbocycles. The van der Waals surface area contributed by atoms with Gasteiger partial charge in [0.2, 0.25) is 5.95 Å². The molecule has 3 aromatic heterocycles. The largest absolute Gasteiger partial charge is 0.494 e. The number of aromatic nitrogens is 4. The van der Waals surface area contributed by atoms with Crippen LogP contribution in [0.4, 0.5) is 31.8 Å². The van der Waals surface area contributed by atoms with E-state index >= 15 is 0 Å². The topological polar surface area (TPSA) is 103 Å². The predicted molar refractivity (Wildman–Crippen MR) is 207 cm³/mol. The van der Waals surface area contributed by atoms with Gasteiger partial charge in [0.15, 0.2) is 0 Å². The smallest absolute Gasteiger partial charge is 0.255 e. The third kappa shape index (κ3) is 7.20. The standard InChI is InChI=1S/C41H41F2N9O2/c1-49-21-23-51(24-22-49)29-15-19-50(20-16-29)30-12-13-33(35(26-30)54-2)45-41-44-17-14-34(46-41)39-37(47-36-11-3-4-18-52(36)39)27-7-5-8-28(25-27)40(53)48-38-31(42)9-6-10-32(38)43/h3-14,17-18,25-26,29H,15-16,19-24H2,1-2H3,(H,48,53)(H,44,45,46). The molecule has 5 heterocycles. The van der Waals surface area contributed by atoms with Crippen LogP contribution in [0.2, 0.25) is 0 Å². The van der Waals surface area contributed by atoms with Gasteiger partial charge in [0.25, 0.3) is 5.91 Å². The second kappa shape index (κ2) is 15.2. The van der Waals surface area contributed by atoms with E-state index in [1.807, 2.05) is 40.9 Å². The van der Waals surface area contributed by atoms with Crippen molar-refractivity contribution in [3.05, 3.63) is 115 Å². The van der Waals surface area contributed by atoms with Gasteiger partial charge in [-0.05, 0) is 74.5 Å². The summed E-state index contributed by atoms with van der Waals surface area (Å²) in [6, 6.07) is 24.4. The van der Waals surface area contributed by atoms with Gasteiger partial charge in [0.1, 0.15) is 28.7 Å². The molecule has 2 fully saturated rings. The number of para-hydroxylation sites is 1. The molecular weight excluding hydrogens is 689 g/mol. The Kier molecular flexibility index (Phi) is 9.89. The average Bonchev–Trinajstić information content (AvgIpc) is 3.60. The van der Waals surface area contributed by atoms with Crippen molar-refractivity contribution < 1.29 is 18.3 Å². The summed E-state index contributed by atoms with van der Waals surface area (Å²) >= 11 is 0. The Morgan fingerprint density at radius 2 is 1.63 bits per heavy atom. The number of imidazole rings is 1. The summed E-state index contributed by atoms with van der Waals surface area (Å²) in [7, 11) is 3.86. The van der Waals surface area contributed by atoms with Crippen LogP contribution < -0.4 is 20.3 Å². The third-order valence-electron chi connectivity index (χ3n) is 10.3. The lowest BCUT2D eigenvalue weighted by molar-refractivity contribution is 0.0982. The molecule has 2 aliphatic rings. The molecule has 2 saturated heterocycles. The minimum absolute atomic E-state index is 0.207. The normalized spacial score (nSPS) is 15.7. The monoisotopic (exact) mass is 729 g/mol. The summed E-state index contributed by atoms with van der Waals surface area (Å²) in [5.74, 6) is -1.33. The fourth-order valence-electron chi connectivity index (χ4n) is 7.38.